The monoisotopic (exact) mass is 221 g/mol. The number of nitrogens with zero attached hydrogens (tertiary/aromatic N) is 1. The Balaban J connectivity index is 2.39. The van der Waals surface area contributed by atoms with Crippen LogP contribution in [0.1, 0.15) is 40.0 Å². The van der Waals surface area contributed by atoms with Gasteiger partial charge < -0.3 is 4.90 Å². The van der Waals surface area contributed by atoms with Crippen LogP contribution in [-0.4, -0.2) is 23.4 Å². The maximum atomic E-state index is 11.3. The zero-order valence-electron chi connectivity index (χ0n) is 10.6. The van der Waals surface area contributed by atoms with Gasteiger partial charge in [-0.05, 0) is 39.0 Å². The Kier molecular flexibility index (Phi) is 5.30. The van der Waals surface area contributed by atoms with Crippen molar-refractivity contribution >= 4 is 5.91 Å². The fourth-order valence-corrected chi connectivity index (χ4v) is 2.06. The van der Waals surface area contributed by atoms with Crippen LogP contribution in [0.4, 0.5) is 0 Å². The van der Waals surface area contributed by atoms with E-state index in [9.17, 15) is 4.79 Å². The summed E-state index contributed by atoms with van der Waals surface area (Å²) in [6.07, 6.45) is 12.5. The van der Waals surface area contributed by atoms with E-state index in [2.05, 4.69) is 38.2 Å². The van der Waals surface area contributed by atoms with Gasteiger partial charge in [0, 0.05) is 19.5 Å². The van der Waals surface area contributed by atoms with Gasteiger partial charge in [0.05, 0.1) is 0 Å². The zero-order chi connectivity index (χ0) is 12.0. The second kappa shape index (κ2) is 6.51. The van der Waals surface area contributed by atoms with Crippen LogP contribution in [-0.2, 0) is 4.79 Å². The molecule has 90 valence electrons. The van der Waals surface area contributed by atoms with Gasteiger partial charge in [-0.25, -0.2) is 0 Å². The van der Waals surface area contributed by atoms with E-state index in [0.717, 1.165) is 13.0 Å². The first-order valence-electron chi connectivity index (χ1n) is 6.20. The van der Waals surface area contributed by atoms with Crippen LogP contribution in [0.15, 0.2) is 24.3 Å². The highest BCUT2D eigenvalue weighted by Gasteiger charge is 2.11. The van der Waals surface area contributed by atoms with E-state index < -0.39 is 0 Å². The molecule has 1 aliphatic carbocycles. The average Bonchev–Trinajstić information content (AvgIpc) is 2.24. The topological polar surface area (TPSA) is 20.3 Å². The SMILES string of the molecule is CC(=O)N(C/C=C/C1CC=CCC1)C(C)C. The highest BCUT2D eigenvalue weighted by Crippen LogP contribution is 2.19. The molecule has 0 radical (unpaired) electrons. The standard InChI is InChI=1S/C14H23NO/c1-12(2)15(13(3)16)11-7-10-14-8-5-4-6-9-14/h4-5,7,10,12,14H,6,8-9,11H2,1-3H3/b10-7+. The van der Waals surface area contributed by atoms with Gasteiger partial charge in [0.25, 0.3) is 0 Å². The minimum absolute atomic E-state index is 0.156. The lowest BCUT2D eigenvalue weighted by Gasteiger charge is -2.24. The number of carbonyl (C=O) groups is 1. The largest absolute Gasteiger partial charge is 0.337 e. The summed E-state index contributed by atoms with van der Waals surface area (Å²) in [4.78, 5) is 13.2. The first kappa shape index (κ1) is 13.0. The average molecular weight is 221 g/mol. The lowest BCUT2D eigenvalue weighted by molar-refractivity contribution is -0.129. The van der Waals surface area contributed by atoms with Crippen molar-refractivity contribution in [1.29, 1.82) is 0 Å². The van der Waals surface area contributed by atoms with Gasteiger partial charge in [-0.2, -0.15) is 0 Å². The molecule has 16 heavy (non-hydrogen) atoms. The van der Waals surface area contributed by atoms with Gasteiger partial charge in [0.15, 0.2) is 0 Å². The Morgan fingerprint density at radius 3 is 2.75 bits per heavy atom. The van der Waals surface area contributed by atoms with Gasteiger partial charge in [-0.1, -0.05) is 24.3 Å². The Morgan fingerprint density at radius 2 is 2.25 bits per heavy atom. The maximum absolute atomic E-state index is 11.3. The van der Waals surface area contributed by atoms with Crippen molar-refractivity contribution in [3.05, 3.63) is 24.3 Å². The van der Waals surface area contributed by atoms with Crippen LogP contribution in [0.2, 0.25) is 0 Å². The van der Waals surface area contributed by atoms with E-state index in [1.807, 2.05) is 4.90 Å². The van der Waals surface area contributed by atoms with Crippen LogP contribution in [0.25, 0.3) is 0 Å². The molecule has 0 aromatic carbocycles. The quantitative estimate of drug-likeness (QED) is 0.668. The molecule has 0 fully saturated rings. The van der Waals surface area contributed by atoms with E-state index >= 15 is 0 Å². The van der Waals surface area contributed by atoms with Crippen molar-refractivity contribution in [2.75, 3.05) is 6.54 Å². The van der Waals surface area contributed by atoms with Crippen LogP contribution < -0.4 is 0 Å². The predicted octanol–water partition coefficient (Wildman–Crippen LogP) is 3.16. The molecule has 2 heteroatoms. The summed E-state index contributed by atoms with van der Waals surface area (Å²) >= 11 is 0. The van der Waals surface area contributed by atoms with Crippen LogP contribution in [0.3, 0.4) is 0 Å². The van der Waals surface area contributed by atoms with Crippen LogP contribution >= 0.6 is 0 Å². The third-order valence-electron chi connectivity index (χ3n) is 3.05. The van der Waals surface area contributed by atoms with E-state index in [-0.39, 0.29) is 11.9 Å². The summed E-state index contributed by atoms with van der Waals surface area (Å²) in [5.41, 5.74) is 0. The van der Waals surface area contributed by atoms with Gasteiger partial charge in [0.1, 0.15) is 0 Å². The molecule has 0 saturated carbocycles. The summed E-state index contributed by atoms with van der Waals surface area (Å²) in [6, 6.07) is 0.286. The Labute approximate surface area is 99.0 Å². The summed E-state index contributed by atoms with van der Waals surface area (Å²) in [6.45, 7) is 6.49. The fourth-order valence-electron chi connectivity index (χ4n) is 2.06. The minimum Gasteiger partial charge on any atom is -0.337 e. The van der Waals surface area contributed by atoms with E-state index in [1.54, 1.807) is 6.92 Å². The smallest absolute Gasteiger partial charge is 0.219 e. The number of rotatable bonds is 4. The number of hydrogen-bond acceptors (Lipinski definition) is 1. The zero-order valence-corrected chi connectivity index (χ0v) is 10.6. The summed E-state index contributed by atoms with van der Waals surface area (Å²) < 4.78 is 0. The Morgan fingerprint density at radius 1 is 1.50 bits per heavy atom. The fraction of sp³-hybridized carbons (Fsp3) is 0.643. The van der Waals surface area contributed by atoms with Crippen molar-refractivity contribution in [2.24, 2.45) is 5.92 Å². The molecule has 0 saturated heterocycles. The third-order valence-corrected chi connectivity index (χ3v) is 3.05. The molecule has 2 nitrogen and oxygen atoms in total. The number of allylic oxidation sites excluding steroid dienone is 3. The maximum Gasteiger partial charge on any atom is 0.219 e. The normalized spacial score (nSPS) is 20.6. The molecule has 1 atom stereocenters. The van der Waals surface area contributed by atoms with E-state index in [4.69, 9.17) is 0 Å². The van der Waals surface area contributed by atoms with Crippen LogP contribution in [0, 0.1) is 5.92 Å². The molecular formula is C14H23NO. The summed E-state index contributed by atoms with van der Waals surface area (Å²) in [5.74, 6) is 0.828. The van der Waals surface area contributed by atoms with Crippen molar-refractivity contribution < 1.29 is 4.79 Å². The second-order valence-corrected chi connectivity index (χ2v) is 4.74. The number of hydrogen-bond donors (Lipinski definition) is 0. The molecule has 0 N–H and O–H groups in total. The summed E-state index contributed by atoms with van der Waals surface area (Å²) in [5, 5.41) is 0. The molecule has 0 aliphatic heterocycles. The van der Waals surface area contributed by atoms with Crippen LogP contribution in [0.5, 0.6) is 0 Å². The molecule has 1 amide bonds. The highest BCUT2D eigenvalue weighted by molar-refractivity contribution is 5.73. The molecule has 1 rings (SSSR count). The molecule has 1 aliphatic rings. The van der Waals surface area contributed by atoms with Crippen molar-refractivity contribution in [2.45, 2.75) is 46.1 Å². The molecule has 0 aromatic rings. The van der Waals surface area contributed by atoms with Gasteiger partial charge in [0.2, 0.25) is 5.91 Å². The molecule has 1 unspecified atom stereocenters. The first-order chi connectivity index (χ1) is 7.61. The molecule has 0 heterocycles. The van der Waals surface area contributed by atoms with Gasteiger partial charge >= 0.3 is 0 Å². The van der Waals surface area contributed by atoms with Crippen molar-refractivity contribution in [3.8, 4) is 0 Å². The predicted molar refractivity (Wildman–Crippen MR) is 68.1 cm³/mol. The third kappa shape index (κ3) is 4.21. The second-order valence-electron chi connectivity index (χ2n) is 4.74. The van der Waals surface area contributed by atoms with Crippen molar-refractivity contribution in [3.63, 3.8) is 0 Å². The van der Waals surface area contributed by atoms with E-state index in [0.29, 0.717) is 5.92 Å². The van der Waals surface area contributed by atoms with Crippen molar-refractivity contribution in [1.82, 2.24) is 4.90 Å². The lowest BCUT2D eigenvalue weighted by Crippen LogP contribution is -2.35. The molecule has 0 aromatic heterocycles. The first-order valence-corrected chi connectivity index (χ1v) is 6.20. The highest BCUT2D eigenvalue weighted by atomic mass is 16.2. The number of amides is 1. The molecular weight excluding hydrogens is 198 g/mol. The minimum atomic E-state index is 0.156. The Bertz CT molecular complexity index is 278. The Hall–Kier alpha value is -1.05. The lowest BCUT2D eigenvalue weighted by atomic mass is 9.94. The summed E-state index contributed by atoms with van der Waals surface area (Å²) in [7, 11) is 0. The van der Waals surface area contributed by atoms with E-state index in [1.165, 1.54) is 12.8 Å². The molecule has 0 bridgehead atoms. The molecule has 0 spiro atoms. The van der Waals surface area contributed by atoms with Gasteiger partial charge in [-0.3, -0.25) is 4.79 Å². The number of carbonyl (C=O) groups excluding carboxylic acids is 1. The van der Waals surface area contributed by atoms with Gasteiger partial charge in [-0.15, -0.1) is 0 Å².